The third-order valence-electron chi connectivity index (χ3n) is 6.87. The van der Waals surface area contributed by atoms with E-state index in [0.717, 1.165) is 37.9 Å². The zero-order valence-electron chi connectivity index (χ0n) is 16.0. The maximum atomic E-state index is 9.49. The topological polar surface area (TPSA) is 56.7 Å². The highest BCUT2D eigenvalue weighted by Crippen LogP contribution is 2.56. The molecule has 0 heterocycles. The van der Waals surface area contributed by atoms with Gasteiger partial charge in [-0.2, -0.15) is 0 Å². The minimum absolute atomic E-state index is 0. The Kier molecular flexibility index (Phi) is 8.31. The molecule has 0 radical (unpaired) electrons. The van der Waals surface area contributed by atoms with E-state index in [0.29, 0.717) is 12.0 Å². The Labute approximate surface area is 171 Å². The number of aliphatic hydroxyl groups is 1. The molecule has 146 valence electrons. The molecule has 0 saturated heterocycles. The lowest BCUT2D eigenvalue weighted by atomic mass is 9.65. The number of guanidine groups is 1. The average molecular weight is 463 g/mol. The number of halogens is 1. The van der Waals surface area contributed by atoms with Gasteiger partial charge in [0.2, 0.25) is 0 Å². The lowest BCUT2D eigenvalue weighted by Gasteiger charge is -2.43. The Balaban J connectivity index is 0.00000225. The fraction of sp³-hybridized carbons (Fsp3) is 0.950. The molecular weight excluding hydrogens is 425 g/mol. The largest absolute Gasteiger partial charge is 0.396 e. The van der Waals surface area contributed by atoms with Crippen LogP contribution in [0.5, 0.6) is 0 Å². The van der Waals surface area contributed by atoms with E-state index < -0.39 is 0 Å². The smallest absolute Gasteiger partial charge is 0.191 e. The Morgan fingerprint density at radius 1 is 1.04 bits per heavy atom. The second kappa shape index (κ2) is 9.77. The summed E-state index contributed by atoms with van der Waals surface area (Å²) in [4.78, 5) is 4.95. The fourth-order valence-corrected chi connectivity index (χ4v) is 4.93. The van der Waals surface area contributed by atoms with Crippen molar-refractivity contribution in [2.75, 3.05) is 26.2 Å². The number of aliphatic hydroxyl groups excluding tert-OH is 1. The molecule has 0 aliphatic heterocycles. The Bertz CT molecular complexity index is 421. The third kappa shape index (κ3) is 5.47. The van der Waals surface area contributed by atoms with Crippen LogP contribution in [0.3, 0.4) is 0 Å². The van der Waals surface area contributed by atoms with Gasteiger partial charge in [-0.05, 0) is 68.6 Å². The van der Waals surface area contributed by atoms with Crippen molar-refractivity contribution >= 4 is 29.9 Å². The first kappa shape index (κ1) is 21.3. The summed E-state index contributed by atoms with van der Waals surface area (Å²) >= 11 is 0. The lowest BCUT2D eigenvalue weighted by molar-refractivity contribution is 0.105. The molecule has 3 saturated carbocycles. The van der Waals surface area contributed by atoms with Gasteiger partial charge in [0.15, 0.2) is 5.96 Å². The highest BCUT2D eigenvalue weighted by molar-refractivity contribution is 14.0. The van der Waals surface area contributed by atoms with Crippen molar-refractivity contribution < 1.29 is 5.11 Å². The van der Waals surface area contributed by atoms with Crippen molar-refractivity contribution in [3.05, 3.63) is 0 Å². The second-order valence-electron chi connectivity index (χ2n) is 8.57. The van der Waals surface area contributed by atoms with Gasteiger partial charge in [-0.3, -0.25) is 4.99 Å². The van der Waals surface area contributed by atoms with Crippen LogP contribution in [-0.4, -0.2) is 37.3 Å². The molecule has 0 aromatic carbocycles. The van der Waals surface area contributed by atoms with Crippen molar-refractivity contribution in [2.24, 2.45) is 21.7 Å². The molecule has 3 aliphatic rings. The van der Waals surface area contributed by atoms with E-state index in [1.807, 2.05) is 0 Å². The Morgan fingerprint density at radius 2 is 1.76 bits per heavy atom. The standard InChI is InChI=1S/C20H37N3O.HI/c1-2-21-18(23-16-20(11-6-12-20)17-7-8-17)22-15-19(13-14-24)9-4-3-5-10-19;/h17,24H,2-16H2,1H3,(H2,21,22,23);1H. The SMILES string of the molecule is CCNC(=NCC1(CCO)CCCCC1)NCC1(C2CC2)CCC1.I. The van der Waals surface area contributed by atoms with E-state index in [4.69, 9.17) is 4.99 Å². The van der Waals surface area contributed by atoms with Gasteiger partial charge < -0.3 is 15.7 Å². The number of nitrogens with zero attached hydrogens (tertiary/aromatic N) is 1. The van der Waals surface area contributed by atoms with Crippen molar-refractivity contribution in [1.82, 2.24) is 10.6 Å². The van der Waals surface area contributed by atoms with Crippen molar-refractivity contribution in [3.8, 4) is 0 Å². The summed E-state index contributed by atoms with van der Waals surface area (Å²) in [6.45, 7) is 5.30. The summed E-state index contributed by atoms with van der Waals surface area (Å²) in [7, 11) is 0. The highest BCUT2D eigenvalue weighted by Gasteiger charge is 2.48. The highest BCUT2D eigenvalue weighted by atomic mass is 127. The minimum Gasteiger partial charge on any atom is -0.396 e. The predicted octanol–water partition coefficient (Wildman–Crippen LogP) is 4.07. The molecule has 3 aliphatic carbocycles. The number of hydrogen-bond acceptors (Lipinski definition) is 2. The van der Waals surface area contributed by atoms with E-state index in [1.54, 1.807) is 0 Å². The van der Waals surface area contributed by atoms with E-state index in [2.05, 4.69) is 17.6 Å². The molecule has 0 bridgehead atoms. The fourth-order valence-electron chi connectivity index (χ4n) is 4.93. The number of aliphatic imine (C=N–C) groups is 1. The molecule has 25 heavy (non-hydrogen) atoms. The van der Waals surface area contributed by atoms with Gasteiger partial charge in [0.05, 0.1) is 0 Å². The van der Waals surface area contributed by atoms with Crippen LogP contribution >= 0.6 is 24.0 Å². The molecule has 0 unspecified atom stereocenters. The molecule has 3 N–H and O–H groups in total. The van der Waals surface area contributed by atoms with Gasteiger partial charge in [0, 0.05) is 26.2 Å². The average Bonchev–Trinajstić information content (AvgIpc) is 3.38. The Hall–Kier alpha value is -0.0400. The summed E-state index contributed by atoms with van der Waals surface area (Å²) in [6, 6.07) is 0. The van der Waals surface area contributed by atoms with Crippen LogP contribution in [0.25, 0.3) is 0 Å². The monoisotopic (exact) mass is 463 g/mol. The van der Waals surface area contributed by atoms with Gasteiger partial charge >= 0.3 is 0 Å². The molecule has 0 aromatic heterocycles. The third-order valence-corrected chi connectivity index (χ3v) is 6.87. The summed E-state index contributed by atoms with van der Waals surface area (Å²) < 4.78 is 0. The summed E-state index contributed by atoms with van der Waals surface area (Å²) in [5.74, 6) is 1.97. The van der Waals surface area contributed by atoms with Crippen molar-refractivity contribution in [3.63, 3.8) is 0 Å². The van der Waals surface area contributed by atoms with Crippen molar-refractivity contribution in [2.45, 2.75) is 77.6 Å². The van der Waals surface area contributed by atoms with Gasteiger partial charge in [-0.15, -0.1) is 24.0 Å². The lowest BCUT2D eigenvalue weighted by Crippen LogP contribution is -2.48. The van der Waals surface area contributed by atoms with Crippen LogP contribution in [-0.2, 0) is 0 Å². The summed E-state index contributed by atoms with van der Waals surface area (Å²) in [5, 5.41) is 16.6. The van der Waals surface area contributed by atoms with Crippen LogP contribution in [0.15, 0.2) is 4.99 Å². The molecule has 0 amide bonds. The minimum atomic E-state index is 0. The molecule has 3 fully saturated rings. The first-order valence-electron chi connectivity index (χ1n) is 10.4. The first-order chi connectivity index (χ1) is 11.7. The van der Waals surface area contributed by atoms with E-state index in [1.165, 1.54) is 64.2 Å². The molecule has 4 nitrogen and oxygen atoms in total. The van der Waals surface area contributed by atoms with Crippen LogP contribution < -0.4 is 10.6 Å². The number of nitrogens with one attached hydrogen (secondary N) is 2. The molecule has 3 rings (SSSR count). The maximum absolute atomic E-state index is 9.49. The van der Waals surface area contributed by atoms with Gasteiger partial charge in [0.25, 0.3) is 0 Å². The van der Waals surface area contributed by atoms with Gasteiger partial charge in [-0.25, -0.2) is 0 Å². The summed E-state index contributed by atoms with van der Waals surface area (Å²) in [6.07, 6.45) is 14.4. The van der Waals surface area contributed by atoms with E-state index in [9.17, 15) is 5.11 Å². The molecular formula is C20H38IN3O. The molecule has 5 heteroatoms. The normalized spacial score (nSPS) is 24.8. The Morgan fingerprint density at radius 3 is 2.28 bits per heavy atom. The number of rotatable bonds is 8. The second-order valence-corrected chi connectivity index (χ2v) is 8.57. The zero-order chi connectivity index (χ0) is 16.9. The zero-order valence-corrected chi connectivity index (χ0v) is 18.3. The maximum Gasteiger partial charge on any atom is 0.191 e. The first-order valence-corrected chi connectivity index (χ1v) is 10.4. The molecule has 0 spiro atoms. The van der Waals surface area contributed by atoms with Crippen LogP contribution in [0.4, 0.5) is 0 Å². The van der Waals surface area contributed by atoms with Crippen LogP contribution in [0, 0.1) is 16.7 Å². The van der Waals surface area contributed by atoms with E-state index >= 15 is 0 Å². The van der Waals surface area contributed by atoms with Gasteiger partial charge in [-0.1, -0.05) is 25.7 Å². The number of hydrogen-bond donors (Lipinski definition) is 3. The quantitative estimate of drug-likeness (QED) is 0.289. The summed E-state index contributed by atoms with van der Waals surface area (Å²) in [5.41, 5.74) is 0.809. The van der Waals surface area contributed by atoms with Crippen LogP contribution in [0.1, 0.15) is 77.6 Å². The van der Waals surface area contributed by atoms with Crippen LogP contribution in [0.2, 0.25) is 0 Å². The van der Waals surface area contributed by atoms with Gasteiger partial charge in [0.1, 0.15) is 0 Å². The predicted molar refractivity (Wildman–Crippen MR) is 116 cm³/mol. The van der Waals surface area contributed by atoms with Crippen molar-refractivity contribution in [1.29, 1.82) is 0 Å². The molecule has 0 aromatic rings. The van der Waals surface area contributed by atoms with E-state index in [-0.39, 0.29) is 29.4 Å². The molecule has 0 atom stereocenters.